The average molecular weight is 293 g/mol. The summed E-state index contributed by atoms with van der Waals surface area (Å²) in [7, 11) is -3.19. The fourth-order valence-electron chi connectivity index (χ4n) is 1.58. The predicted octanol–water partition coefficient (Wildman–Crippen LogP) is 1.81. The highest BCUT2D eigenvalue weighted by atomic mass is 35.5. The molecule has 4 nitrogen and oxygen atoms in total. The minimum absolute atomic E-state index is 0. The van der Waals surface area contributed by atoms with Gasteiger partial charge in [0.2, 0.25) is 0 Å². The summed E-state index contributed by atoms with van der Waals surface area (Å²) in [4.78, 5) is 2.44. The molecule has 0 fully saturated rings. The van der Waals surface area contributed by atoms with Crippen molar-refractivity contribution in [2.24, 2.45) is 0 Å². The van der Waals surface area contributed by atoms with E-state index in [2.05, 4.69) is 4.90 Å². The van der Waals surface area contributed by atoms with Crippen LogP contribution in [0.15, 0.2) is 29.2 Å². The first-order valence-electron chi connectivity index (χ1n) is 5.80. The van der Waals surface area contributed by atoms with Gasteiger partial charge in [0.05, 0.1) is 10.6 Å². The van der Waals surface area contributed by atoms with Crippen LogP contribution in [0.4, 0.5) is 5.69 Å². The molecule has 0 saturated heterocycles. The quantitative estimate of drug-likeness (QED) is 0.812. The van der Waals surface area contributed by atoms with Gasteiger partial charge in [-0.2, -0.15) is 0 Å². The average Bonchev–Trinajstić information content (AvgIpc) is 2.31. The minimum Gasteiger partial charge on any atom is -0.399 e. The van der Waals surface area contributed by atoms with Crippen LogP contribution in [0.25, 0.3) is 0 Å². The van der Waals surface area contributed by atoms with Gasteiger partial charge in [-0.05, 0) is 37.4 Å². The molecule has 0 aliphatic heterocycles. The van der Waals surface area contributed by atoms with E-state index in [1.165, 1.54) is 0 Å². The highest BCUT2D eigenvalue weighted by molar-refractivity contribution is 7.91. The van der Waals surface area contributed by atoms with Crippen molar-refractivity contribution >= 4 is 27.9 Å². The zero-order valence-electron chi connectivity index (χ0n) is 10.8. The third kappa shape index (κ3) is 4.84. The Balaban J connectivity index is 0.00000289. The molecule has 1 rings (SSSR count). The topological polar surface area (TPSA) is 63.4 Å². The Morgan fingerprint density at radius 3 is 2.06 bits per heavy atom. The highest BCUT2D eigenvalue weighted by Gasteiger charge is 2.15. The number of benzene rings is 1. The number of nitrogens with two attached hydrogens (primary N) is 1. The van der Waals surface area contributed by atoms with Crippen LogP contribution < -0.4 is 5.73 Å². The van der Waals surface area contributed by atoms with Crippen LogP contribution in [-0.4, -0.2) is 38.7 Å². The number of nitrogens with zero attached hydrogens (tertiary/aromatic N) is 1. The molecular weight excluding hydrogens is 272 g/mol. The molecule has 0 atom stereocenters. The Kier molecular flexibility index (Phi) is 7.28. The lowest BCUT2D eigenvalue weighted by Gasteiger charge is -2.17. The molecule has 1 aromatic carbocycles. The van der Waals surface area contributed by atoms with E-state index in [1.54, 1.807) is 24.3 Å². The summed E-state index contributed by atoms with van der Waals surface area (Å²) in [5.74, 6) is 0.151. The number of hydrogen-bond acceptors (Lipinski definition) is 4. The van der Waals surface area contributed by atoms with Crippen molar-refractivity contribution in [3.8, 4) is 0 Å². The second kappa shape index (κ2) is 7.61. The molecular formula is C12H21ClN2O2S. The number of sulfone groups is 1. The summed E-state index contributed by atoms with van der Waals surface area (Å²) in [6, 6.07) is 6.36. The standard InChI is InChI=1S/C12H20N2O2S.ClH/c1-3-14(4-2)9-10-17(15,16)12-7-5-11(13)6-8-12;/h5-8H,3-4,9-10,13H2,1-2H3;1H. The largest absolute Gasteiger partial charge is 0.399 e. The van der Waals surface area contributed by atoms with E-state index in [4.69, 9.17) is 5.73 Å². The van der Waals surface area contributed by atoms with Crippen LogP contribution >= 0.6 is 12.4 Å². The molecule has 1 aromatic rings. The third-order valence-electron chi connectivity index (χ3n) is 2.81. The van der Waals surface area contributed by atoms with E-state index in [9.17, 15) is 8.42 Å². The summed E-state index contributed by atoms with van der Waals surface area (Å²) >= 11 is 0. The first-order chi connectivity index (χ1) is 7.99. The maximum absolute atomic E-state index is 12.0. The summed E-state index contributed by atoms with van der Waals surface area (Å²) in [6.45, 7) is 6.36. The highest BCUT2D eigenvalue weighted by Crippen LogP contribution is 2.13. The Morgan fingerprint density at radius 1 is 1.11 bits per heavy atom. The normalized spacial score (nSPS) is 11.3. The minimum atomic E-state index is -3.19. The molecule has 6 heteroatoms. The van der Waals surface area contributed by atoms with Gasteiger partial charge in [-0.15, -0.1) is 12.4 Å². The third-order valence-corrected chi connectivity index (χ3v) is 4.52. The van der Waals surface area contributed by atoms with Crippen LogP contribution in [0, 0.1) is 0 Å². The van der Waals surface area contributed by atoms with Crippen molar-refractivity contribution in [1.82, 2.24) is 4.90 Å². The molecule has 104 valence electrons. The van der Waals surface area contributed by atoms with E-state index in [-0.39, 0.29) is 18.2 Å². The van der Waals surface area contributed by atoms with Gasteiger partial charge in [0, 0.05) is 12.2 Å². The van der Waals surface area contributed by atoms with Gasteiger partial charge in [0.25, 0.3) is 0 Å². The molecule has 0 radical (unpaired) electrons. The molecule has 0 spiro atoms. The number of halogens is 1. The molecule has 0 aliphatic carbocycles. The summed E-state index contributed by atoms with van der Waals surface area (Å²) in [5, 5.41) is 0. The van der Waals surface area contributed by atoms with E-state index < -0.39 is 9.84 Å². The Hall–Kier alpha value is -0.780. The van der Waals surface area contributed by atoms with Crippen LogP contribution in [0.5, 0.6) is 0 Å². The van der Waals surface area contributed by atoms with Gasteiger partial charge in [0.1, 0.15) is 0 Å². The van der Waals surface area contributed by atoms with Crippen molar-refractivity contribution < 1.29 is 8.42 Å². The molecule has 0 aliphatic rings. The van der Waals surface area contributed by atoms with Crippen LogP contribution in [0.1, 0.15) is 13.8 Å². The Labute approximate surface area is 115 Å². The lowest BCUT2D eigenvalue weighted by atomic mass is 10.3. The first kappa shape index (κ1) is 17.2. The van der Waals surface area contributed by atoms with Crippen molar-refractivity contribution in [2.75, 3.05) is 31.1 Å². The van der Waals surface area contributed by atoms with E-state index >= 15 is 0 Å². The van der Waals surface area contributed by atoms with Gasteiger partial charge < -0.3 is 10.6 Å². The van der Waals surface area contributed by atoms with Crippen LogP contribution in [0.3, 0.4) is 0 Å². The second-order valence-corrected chi connectivity index (χ2v) is 6.02. The first-order valence-corrected chi connectivity index (χ1v) is 7.45. The fourth-order valence-corrected chi connectivity index (χ4v) is 2.87. The molecule has 18 heavy (non-hydrogen) atoms. The fraction of sp³-hybridized carbons (Fsp3) is 0.500. The van der Waals surface area contributed by atoms with Gasteiger partial charge in [-0.1, -0.05) is 13.8 Å². The number of hydrogen-bond donors (Lipinski definition) is 1. The predicted molar refractivity (Wildman–Crippen MR) is 77.9 cm³/mol. The van der Waals surface area contributed by atoms with Crippen molar-refractivity contribution in [2.45, 2.75) is 18.7 Å². The zero-order chi connectivity index (χ0) is 12.9. The van der Waals surface area contributed by atoms with Gasteiger partial charge in [-0.3, -0.25) is 0 Å². The van der Waals surface area contributed by atoms with Crippen molar-refractivity contribution in [3.63, 3.8) is 0 Å². The lowest BCUT2D eigenvalue weighted by Crippen LogP contribution is -2.29. The number of rotatable bonds is 6. The lowest BCUT2D eigenvalue weighted by molar-refractivity contribution is 0.321. The van der Waals surface area contributed by atoms with Crippen molar-refractivity contribution in [1.29, 1.82) is 0 Å². The molecule has 0 amide bonds. The monoisotopic (exact) mass is 292 g/mol. The SMILES string of the molecule is CCN(CC)CCS(=O)(=O)c1ccc(N)cc1.Cl. The molecule has 0 bridgehead atoms. The smallest absolute Gasteiger partial charge is 0.179 e. The number of nitrogen functional groups attached to an aromatic ring is 1. The number of anilines is 1. The Bertz CT molecular complexity index is 442. The van der Waals surface area contributed by atoms with E-state index in [0.29, 0.717) is 17.1 Å². The zero-order valence-corrected chi connectivity index (χ0v) is 12.4. The summed E-state index contributed by atoms with van der Waals surface area (Å²) < 4.78 is 24.0. The molecule has 0 unspecified atom stereocenters. The molecule has 0 aromatic heterocycles. The summed E-state index contributed by atoms with van der Waals surface area (Å²) in [5.41, 5.74) is 6.11. The molecule has 2 N–H and O–H groups in total. The van der Waals surface area contributed by atoms with E-state index in [0.717, 1.165) is 13.1 Å². The summed E-state index contributed by atoms with van der Waals surface area (Å²) in [6.07, 6.45) is 0. The molecule has 0 saturated carbocycles. The van der Waals surface area contributed by atoms with Crippen molar-refractivity contribution in [3.05, 3.63) is 24.3 Å². The maximum Gasteiger partial charge on any atom is 0.179 e. The molecule has 0 heterocycles. The van der Waals surface area contributed by atoms with Crippen LogP contribution in [0.2, 0.25) is 0 Å². The second-order valence-electron chi connectivity index (χ2n) is 3.91. The van der Waals surface area contributed by atoms with Gasteiger partial charge in [0.15, 0.2) is 9.84 Å². The van der Waals surface area contributed by atoms with Gasteiger partial charge >= 0.3 is 0 Å². The Morgan fingerprint density at radius 2 is 1.61 bits per heavy atom. The maximum atomic E-state index is 12.0. The van der Waals surface area contributed by atoms with Crippen LogP contribution in [-0.2, 0) is 9.84 Å². The van der Waals surface area contributed by atoms with Gasteiger partial charge in [-0.25, -0.2) is 8.42 Å². The van der Waals surface area contributed by atoms with E-state index in [1.807, 2.05) is 13.8 Å².